The number of rotatable bonds is 7. The van der Waals surface area contributed by atoms with Gasteiger partial charge in [0, 0.05) is 12.6 Å². The molecule has 0 saturated carbocycles. The molecule has 0 radical (unpaired) electrons. The van der Waals surface area contributed by atoms with Gasteiger partial charge in [-0.05, 0) is 41.5 Å². The lowest BCUT2D eigenvalue weighted by molar-refractivity contribution is -0.137. The Morgan fingerprint density at radius 2 is 1.75 bits per heavy atom. The van der Waals surface area contributed by atoms with Crippen LogP contribution in [0, 0.1) is 0 Å². The number of hydrogen-bond donors (Lipinski definition) is 2. The van der Waals surface area contributed by atoms with E-state index in [0.717, 1.165) is 12.1 Å². The second-order valence-corrected chi connectivity index (χ2v) is 5.83. The van der Waals surface area contributed by atoms with E-state index in [0.29, 0.717) is 17.1 Å². The SMILES string of the molecule is COc1ccc(/C=C/C(=O)NC[C@@H](O)c2ccc(C(F)(F)F)cc2)cc1OC. The van der Waals surface area contributed by atoms with Crippen LogP contribution in [0.15, 0.2) is 48.5 Å². The zero-order chi connectivity index (χ0) is 20.7. The minimum atomic E-state index is -4.44. The molecule has 8 heteroatoms. The molecule has 0 unspecified atom stereocenters. The summed E-state index contributed by atoms with van der Waals surface area (Å²) < 4.78 is 48.0. The summed E-state index contributed by atoms with van der Waals surface area (Å²) in [6.45, 7) is -0.138. The molecule has 150 valence electrons. The summed E-state index contributed by atoms with van der Waals surface area (Å²) >= 11 is 0. The van der Waals surface area contributed by atoms with Gasteiger partial charge in [-0.15, -0.1) is 0 Å². The van der Waals surface area contributed by atoms with Gasteiger partial charge in [0.2, 0.25) is 5.91 Å². The molecule has 5 nitrogen and oxygen atoms in total. The summed E-state index contributed by atoms with van der Waals surface area (Å²) in [5, 5.41) is 12.5. The normalized spacial score (nSPS) is 12.6. The molecule has 0 spiro atoms. The van der Waals surface area contributed by atoms with Crippen molar-refractivity contribution in [3.63, 3.8) is 0 Å². The number of halogens is 3. The highest BCUT2D eigenvalue weighted by atomic mass is 19.4. The molecule has 0 aliphatic carbocycles. The third kappa shape index (κ3) is 5.75. The third-order valence-electron chi connectivity index (χ3n) is 3.93. The van der Waals surface area contributed by atoms with Crippen LogP contribution in [0.2, 0.25) is 0 Å². The van der Waals surface area contributed by atoms with Crippen LogP contribution in [0.25, 0.3) is 6.08 Å². The molecule has 0 fully saturated rings. The van der Waals surface area contributed by atoms with Crippen molar-refractivity contribution in [3.05, 3.63) is 65.2 Å². The second kappa shape index (κ2) is 9.27. The minimum Gasteiger partial charge on any atom is -0.493 e. The van der Waals surface area contributed by atoms with Crippen molar-refractivity contribution in [2.24, 2.45) is 0 Å². The van der Waals surface area contributed by atoms with Crippen molar-refractivity contribution in [3.8, 4) is 11.5 Å². The number of alkyl halides is 3. The summed E-state index contributed by atoms with van der Waals surface area (Å²) in [5.41, 5.74) is 0.179. The van der Waals surface area contributed by atoms with Crippen molar-refractivity contribution in [1.29, 1.82) is 0 Å². The van der Waals surface area contributed by atoms with Crippen molar-refractivity contribution in [2.75, 3.05) is 20.8 Å². The van der Waals surface area contributed by atoms with Gasteiger partial charge >= 0.3 is 6.18 Å². The van der Waals surface area contributed by atoms with Crippen molar-refractivity contribution in [2.45, 2.75) is 12.3 Å². The van der Waals surface area contributed by atoms with Crippen molar-refractivity contribution in [1.82, 2.24) is 5.32 Å². The lowest BCUT2D eigenvalue weighted by atomic mass is 10.1. The molecule has 2 aromatic carbocycles. The average molecular weight is 395 g/mol. The standard InChI is InChI=1S/C20H20F3NO4/c1-27-17-9-3-13(11-18(17)28-2)4-10-19(26)24-12-16(25)14-5-7-15(8-6-14)20(21,22)23/h3-11,16,25H,12H2,1-2H3,(H,24,26)/b10-4+/t16-/m1/s1. The molecule has 0 aromatic heterocycles. The van der Waals surface area contributed by atoms with Gasteiger partial charge in [0.05, 0.1) is 25.9 Å². The third-order valence-corrected chi connectivity index (χ3v) is 3.93. The molecule has 0 aliphatic heterocycles. The number of aliphatic hydroxyl groups excluding tert-OH is 1. The van der Waals surface area contributed by atoms with Gasteiger partial charge in [0.1, 0.15) is 0 Å². The summed E-state index contributed by atoms with van der Waals surface area (Å²) in [6.07, 6.45) is -2.73. The summed E-state index contributed by atoms with van der Waals surface area (Å²) in [5.74, 6) is 0.618. The zero-order valence-electron chi connectivity index (χ0n) is 15.3. The first-order valence-corrected chi connectivity index (χ1v) is 8.27. The van der Waals surface area contributed by atoms with E-state index < -0.39 is 23.8 Å². The van der Waals surface area contributed by atoms with E-state index in [4.69, 9.17) is 9.47 Å². The van der Waals surface area contributed by atoms with E-state index in [9.17, 15) is 23.1 Å². The minimum absolute atomic E-state index is 0.138. The largest absolute Gasteiger partial charge is 0.493 e. The number of methoxy groups -OCH3 is 2. The Hall–Kier alpha value is -3.00. The van der Waals surface area contributed by atoms with Crippen molar-refractivity contribution < 1.29 is 32.5 Å². The van der Waals surface area contributed by atoms with Gasteiger partial charge < -0.3 is 19.9 Å². The van der Waals surface area contributed by atoms with Crippen LogP contribution < -0.4 is 14.8 Å². The number of hydrogen-bond acceptors (Lipinski definition) is 4. The maximum absolute atomic E-state index is 12.5. The Kier molecular flexibility index (Phi) is 7.06. The van der Waals surface area contributed by atoms with E-state index in [2.05, 4.69) is 5.32 Å². The van der Waals surface area contributed by atoms with Crippen molar-refractivity contribution >= 4 is 12.0 Å². The van der Waals surface area contributed by atoms with E-state index in [1.165, 1.54) is 32.4 Å². The molecule has 2 aromatic rings. The van der Waals surface area contributed by atoms with Gasteiger partial charge in [-0.1, -0.05) is 18.2 Å². The Balaban J connectivity index is 1.92. The topological polar surface area (TPSA) is 67.8 Å². The highest BCUT2D eigenvalue weighted by Gasteiger charge is 2.30. The number of carbonyl (C=O) groups excluding carboxylic acids is 1. The first-order chi connectivity index (χ1) is 13.2. The molecule has 2 N–H and O–H groups in total. The first-order valence-electron chi connectivity index (χ1n) is 8.27. The number of aliphatic hydroxyl groups is 1. The maximum Gasteiger partial charge on any atom is 0.416 e. The first kappa shape index (κ1) is 21.3. The maximum atomic E-state index is 12.5. The molecule has 28 heavy (non-hydrogen) atoms. The molecule has 0 heterocycles. The number of ether oxygens (including phenoxy) is 2. The Morgan fingerprint density at radius 3 is 2.32 bits per heavy atom. The fourth-order valence-corrected chi connectivity index (χ4v) is 2.40. The van der Waals surface area contributed by atoms with E-state index >= 15 is 0 Å². The highest BCUT2D eigenvalue weighted by molar-refractivity contribution is 5.91. The van der Waals surface area contributed by atoms with Crippen LogP contribution in [-0.4, -0.2) is 31.8 Å². The van der Waals surface area contributed by atoms with Crippen LogP contribution in [0.4, 0.5) is 13.2 Å². The van der Waals surface area contributed by atoms with E-state index in [1.807, 2.05) is 0 Å². The van der Waals surface area contributed by atoms with E-state index in [1.54, 1.807) is 24.3 Å². The number of nitrogens with one attached hydrogen (secondary N) is 1. The predicted octanol–water partition coefficient (Wildman–Crippen LogP) is 3.59. The smallest absolute Gasteiger partial charge is 0.416 e. The Morgan fingerprint density at radius 1 is 1.11 bits per heavy atom. The number of carbonyl (C=O) groups is 1. The summed E-state index contributed by atoms with van der Waals surface area (Å²) in [4.78, 5) is 11.9. The van der Waals surface area contributed by atoms with Crippen LogP contribution in [0.3, 0.4) is 0 Å². The average Bonchev–Trinajstić information content (AvgIpc) is 2.69. The molecule has 0 saturated heterocycles. The van der Waals surface area contributed by atoms with Gasteiger partial charge in [-0.2, -0.15) is 13.2 Å². The Labute approximate surface area is 160 Å². The Bertz CT molecular complexity index is 832. The highest BCUT2D eigenvalue weighted by Crippen LogP contribution is 2.30. The summed E-state index contributed by atoms with van der Waals surface area (Å²) in [6, 6.07) is 9.26. The lowest BCUT2D eigenvalue weighted by Gasteiger charge is -2.13. The number of benzene rings is 2. The number of amides is 1. The van der Waals surface area contributed by atoms with Crippen LogP contribution >= 0.6 is 0 Å². The van der Waals surface area contributed by atoms with Gasteiger partial charge in [0.25, 0.3) is 0 Å². The molecule has 1 atom stereocenters. The predicted molar refractivity (Wildman–Crippen MR) is 98.0 cm³/mol. The monoisotopic (exact) mass is 395 g/mol. The molecular weight excluding hydrogens is 375 g/mol. The molecule has 2 rings (SSSR count). The van der Waals surface area contributed by atoms with Crippen LogP contribution in [0.5, 0.6) is 11.5 Å². The molecule has 0 aliphatic rings. The van der Waals surface area contributed by atoms with Gasteiger partial charge in [-0.25, -0.2) is 0 Å². The quantitative estimate of drug-likeness (QED) is 0.704. The van der Waals surface area contributed by atoms with Gasteiger partial charge in [-0.3, -0.25) is 4.79 Å². The van der Waals surface area contributed by atoms with Crippen LogP contribution in [-0.2, 0) is 11.0 Å². The fraction of sp³-hybridized carbons (Fsp3) is 0.250. The molecular formula is C20H20F3NO4. The van der Waals surface area contributed by atoms with Crippen LogP contribution in [0.1, 0.15) is 22.8 Å². The molecule has 1 amide bonds. The molecule has 0 bridgehead atoms. The lowest BCUT2D eigenvalue weighted by Crippen LogP contribution is -2.26. The summed E-state index contributed by atoms with van der Waals surface area (Å²) in [7, 11) is 3.02. The zero-order valence-corrected chi connectivity index (χ0v) is 15.3. The second-order valence-electron chi connectivity index (χ2n) is 5.83. The van der Waals surface area contributed by atoms with Gasteiger partial charge in [0.15, 0.2) is 11.5 Å². The fourth-order valence-electron chi connectivity index (χ4n) is 2.40. The van der Waals surface area contributed by atoms with E-state index in [-0.39, 0.29) is 12.1 Å².